The zero-order valence-electron chi connectivity index (χ0n) is 21.1. The molecule has 0 bridgehead atoms. The number of aldehydes is 1. The summed E-state index contributed by atoms with van der Waals surface area (Å²) in [5.41, 5.74) is 1.62. The summed E-state index contributed by atoms with van der Waals surface area (Å²) in [4.78, 5) is 48.4. The number of fused-ring (bicyclic) bond motifs is 1. The van der Waals surface area contributed by atoms with Crippen LogP contribution >= 0.6 is 0 Å². The summed E-state index contributed by atoms with van der Waals surface area (Å²) in [7, 11) is 1.52. The van der Waals surface area contributed by atoms with Crippen molar-refractivity contribution in [1.29, 1.82) is 0 Å². The Kier molecular flexibility index (Phi) is 6.82. The molecule has 2 N–H and O–H groups in total. The number of aryl methyl sites for hydroxylation is 1. The minimum atomic E-state index is -0.617. The Morgan fingerprint density at radius 1 is 1.27 bits per heavy atom. The number of carbonyl (C=O) groups is 3. The van der Waals surface area contributed by atoms with E-state index in [-0.39, 0.29) is 17.7 Å². The highest BCUT2D eigenvalue weighted by Gasteiger charge is 2.39. The van der Waals surface area contributed by atoms with Crippen LogP contribution in [-0.2, 0) is 9.59 Å². The third-order valence-corrected chi connectivity index (χ3v) is 7.45. The van der Waals surface area contributed by atoms with Gasteiger partial charge >= 0.3 is 0 Å². The normalized spacial score (nSPS) is 21.7. The first-order valence-corrected chi connectivity index (χ1v) is 12.6. The molecule has 0 unspecified atom stereocenters. The van der Waals surface area contributed by atoms with Gasteiger partial charge in [-0.05, 0) is 56.7 Å². The van der Waals surface area contributed by atoms with Gasteiger partial charge in [0, 0.05) is 43.2 Å². The Hall–Kier alpha value is -3.95. The molecule has 2 fully saturated rings. The van der Waals surface area contributed by atoms with Crippen molar-refractivity contribution in [2.45, 2.75) is 51.5 Å². The quantitative estimate of drug-likeness (QED) is 0.441. The molecule has 4 heterocycles. The number of anilines is 2. The predicted octanol–water partition coefficient (Wildman–Crippen LogP) is 3.95. The maximum atomic E-state index is 13.2. The van der Waals surface area contributed by atoms with Gasteiger partial charge in [0.15, 0.2) is 5.58 Å². The van der Waals surface area contributed by atoms with E-state index in [4.69, 9.17) is 9.15 Å². The van der Waals surface area contributed by atoms with Gasteiger partial charge in [0.25, 0.3) is 5.91 Å². The lowest BCUT2D eigenvalue weighted by atomic mass is 9.73. The van der Waals surface area contributed by atoms with Crippen molar-refractivity contribution in [2.24, 2.45) is 5.41 Å². The van der Waals surface area contributed by atoms with Gasteiger partial charge in [-0.1, -0.05) is 6.07 Å². The number of nitrogens with one attached hydrogen (secondary N) is 2. The van der Waals surface area contributed by atoms with E-state index in [9.17, 15) is 14.4 Å². The SMILES string of the molecule is COc1ccc2oc(C(=O)Nc3ccc(C)cn3)c(NCC3(C=O)CCC(N4CCCC4=O)CC3)c2n1. The second-order valence-corrected chi connectivity index (χ2v) is 9.94. The summed E-state index contributed by atoms with van der Waals surface area (Å²) >= 11 is 0. The Morgan fingerprint density at radius 2 is 2.08 bits per heavy atom. The molecule has 5 rings (SSSR count). The van der Waals surface area contributed by atoms with Crippen LogP contribution in [0.4, 0.5) is 11.5 Å². The van der Waals surface area contributed by atoms with E-state index in [0.717, 1.165) is 37.7 Å². The number of likely N-dealkylation sites (tertiary alicyclic amines) is 1. The molecule has 10 nitrogen and oxygen atoms in total. The summed E-state index contributed by atoms with van der Waals surface area (Å²) in [5.74, 6) is 0.559. The van der Waals surface area contributed by atoms with Crippen molar-refractivity contribution in [1.82, 2.24) is 14.9 Å². The molecule has 3 aromatic rings. The topological polar surface area (TPSA) is 127 Å². The second kappa shape index (κ2) is 10.2. The van der Waals surface area contributed by atoms with Crippen LogP contribution < -0.4 is 15.4 Å². The van der Waals surface area contributed by atoms with E-state index in [0.29, 0.717) is 54.3 Å². The van der Waals surface area contributed by atoms with Crippen LogP contribution in [0.1, 0.15) is 54.6 Å². The van der Waals surface area contributed by atoms with Gasteiger partial charge in [0.2, 0.25) is 17.5 Å². The summed E-state index contributed by atoms with van der Waals surface area (Å²) in [6, 6.07) is 7.11. The van der Waals surface area contributed by atoms with Crippen LogP contribution in [0.2, 0.25) is 0 Å². The van der Waals surface area contributed by atoms with Crippen LogP contribution in [0.3, 0.4) is 0 Å². The maximum Gasteiger partial charge on any atom is 0.294 e. The number of furan rings is 1. The molecule has 0 spiro atoms. The number of hydrogen-bond acceptors (Lipinski definition) is 8. The van der Waals surface area contributed by atoms with Crippen molar-refractivity contribution >= 4 is 40.7 Å². The molecule has 0 atom stereocenters. The fourth-order valence-corrected chi connectivity index (χ4v) is 5.26. The van der Waals surface area contributed by atoms with E-state index < -0.39 is 11.3 Å². The van der Waals surface area contributed by atoms with Crippen LogP contribution in [0, 0.1) is 12.3 Å². The van der Waals surface area contributed by atoms with Crippen LogP contribution in [0.15, 0.2) is 34.9 Å². The third-order valence-electron chi connectivity index (χ3n) is 7.45. The Bertz CT molecular complexity index is 1310. The first-order chi connectivity index (χ1) is 17.9. The summed E-state index contributed by atoms with van der Waals surface area (Å²) < 4.78 is 11.2. The Labute approximate surface area is 214 Å². The number of carbonyl (C=O) groups excluding carboxylic acids is 3. The molecule has 1 aliphatic heterocycles. The van der Waals surface area contributed by atoms with E-state index >= 15 is 0 Å². The predicted molar refractivity (Wildman–Crippen MR) is 138 cm³/mol. The summed E-state index contributed by atoms with van der Waals surface area (Å²) in [6.45, 7) is 3.03. The summed E-state index contributed by atoms with van der Waals surface area (Å²) in [6.07, 6.45) is 7.05. The van der Waals surface area contributed by atoms with Crippen molar-refractivity contribution < 1.29 is 23.5 Å². The number of rotatable bonds is 8. The first-order valence-electron chi connectivity index (χ1n) is 12.6. The molecule has 37 heavy (non-hydrogen) atoms. The average Bonchev–Trinajstić information content (AvgIpc) is 3.52. The first kappa shape index (κ1) is 24.7. The fourth-order valence-electron chi connectivity index (χ4n) is 5.26. The zero-order chi connectivity index (χ0) is 26.0. The van der Waals surface area contributed by atoms with Crippen LogP contribution in [-0.4, -0.2) is 59.2 Å². The van der Waals surface area contributed by atoms with E-state index in [1.807, 2.05) is 17.9 Å². The van der Waals surface area contributed by atoms with Crippen molar-refractivity contribution in [2.75, 3.05) is 30.8 Å². The molecule has 2 amide bonds. The highest BCUT2D eigenvalue weighted by atomic mass is 16.5. The lowest BCUT2D eigenvalue weighted by Gasteiger charge is -2.39. The zero-order valence-corrected chi connectivity index (χ0v) is 21.1. The molecule has 3 aromatic heterocycles. The Balaban J connectivity index is 1.38. The highest BCUT2D eigenvalue weighted by Crippen LogP contribution is 2.39. The summed E-state index contributed by atoms with van der Waals surface area (Å²) in [5, 5.41) is 6.08. The van der Waals surface area contributed by atoms with Gasteiger partial charge in [0.1, 0.15) is 23.3 Å². The van der Waals surface area contributed by atoms with Crippen LogP contribution in [0.25, 0.3) is 11.1 Å². The van der Waals surface area contributed by atoms with Crippen molar-refractivity contribution in [3.05, 3.63) is 41.8 Å². The number of nitrogens with zero attached hydrogens (tertiary/aromatic N) is 3. The molecule has 10 heteroatoms. The fraction of sp³-hybridized carbons (Fsp3) is 0.444. The Morgan fingerprint density at radius 3 is 2.73 bits per heavy atom. The maximum absolute atomic E-state index is 13.2. The van der Waals surface area contributed by atoms with Gasteiger partial charge < -0.3 is 29.5 Å². The smallest absolute Gasteiger partial charge is 0.294 e. The molecule has 2 aliphatic rings. The number of ether oxygens (including phenoxy) is 1. The number of hydrogen-bond donors (Lipinski definition) is 2. The average molecular weight is 506 g/mol. The molecular formula is C27H31N5O5. The molecular weight excluding hydrogens is 474 g/mol. The standard InChI is InChI=1S/C27H31N5O5/c1-17-5-7-20(28-14-17)30-26(35)25-24(23-19(37-25)6-8-21(31-23)36-2)29-15-27(16-33)11-9-18(10-12-27)32-13-3-4-22(32)34/h5-8,14,16,18,29H,3-4,9-13,15H2,1-2H3,(H,28,30,35). The van der Waals surface area contributed by atoms with Crippen molar-refractivity contribution in [3.63, 3.8) is 0 Å². The molecule has 1 saturated carbocycles. The van der Waals surface area contributed by atoms with Crippen LogP contribution in [0.5, 0.6) is 5.88 Å². The highest BCUT2D eigenvalue weighted by molar-refractivity contribution is 6.10. The number of pyridine rings is 2. The minimum absolute atomic E-state index is 0.0514. The van der Waals surface area contributed by atoms with Crippen molar-refractivity contribution in [3.8, 4) is 5.88 Å². The lowest BCUT2D eigenvalue weighted by molar-refractivity contribution is -0.131. The number of methoxy groups -OCH3 is 1. The van der Waals surface area contributed by atoms with E-state index in [1.54, 1.807) is 24.4 Å². The van der Waals surface area contributed by atoms with Gasteiger partial charge in [0.05, 0.1) is 7.11 Å². The molecule has 194 valence electrons. The van der Waals surface area contributed by atoms with Gasteiger partial charge in [-0.2, -0.15) is 0 Å². The van der Waals surface area contributed by atoms with Gasteiger partial charge in [-0.3, -0.25) is 9.59 Å². The minimum Gasteiger partial charge on any atom is -0.481 e. The van der Waals surface area contributed by atoms with E-state index in [2.05, 4.69) is 20.6 Å². The third kappa shape index (κ3) is 5.00. The molecule has 0 radical (unpaired) electrons. The number of aromatic nitrogens is 2. The van der Waals surface area contributed by atoms with Gasteiger partial charge in [-0.15, -0.1) is 0 Å². The molecule has 1 aliphatic carbocycles. The van der Waals surface area contributed by atoms with Gasteiger partial charge in [-0.25, -0.2) is 9.97 Å². The largest absolute Gasteiger partial charge is 0.481 e. The lowest BCUT2D eigenvalue weighted by Crippen LogP contribution is -2.44. The van der Waals surface area contributed by atoms with E-state index in [1.165, 1.54) is 7.11 Å². The second-order valence-electron chi connectivity index (χ2n) is 9.94. The molecule has 0 aromatic carbocycles. The molecule has 1 saturated heterocycles. The number of amides is 2. The monoisotopic (exact) mass is 505 g/mol.